The number of thiophene rings is 2. The molecule has 65 heavy (non-hydrogen) atoms. The van der Waals surface area contributed by atoms with Crippen LogP contribution in [0.1, 0.15) is 46.9 Å². The Balaban J connectivity index is 0.760. The zero-order chi connectivity index (χ0) is 44.1. The van der Waals surface area contributed by atoms with Gasteiger partial charge in [-0.15, -0.1) is 22.7 Å². The van der Waals surface area contributed by atoms with Crippen molar-refractivity contribution in [3.05, 3.63) is 222 Å². The van der Waals surface area contributed by atoms with Crippen LogP contribution < -0.4 is 20.0 Å². The van der Waals surface area contributed by atoms with Gasteiger partial charge in [-0.2, -0.15) is 0 Å². The minimum absolute atomic E-state index is 0.521. The fourth-order valence-electron chi connectivity index (χ4n) is 9.32. The SMILES string of the molecule is Cc1ccc(-c2ccc(N(c3ccccc3)c3ccc(Nc4ccc(C5CCC(N(C)c6ccc(N(c7ccccc7)c7ccc(-c8ccc(C)s8)cc7)cc6)CC5)cc4)cc3)cc2)s1. The first-order chi connectivity index (χ1) is 31.9. The molecule has 1 aliphatic carbocycles. The van der Waals surface area contributed by atoms with E-state index in [1.807, 2.05) is 22.7 Å². The van der Waals surface area contributed by atoms with Crippen molar-refractivity contribution in [3.8, 4) is 20.9 Å². The Hall–Kier alpha value is -6.86. The zero-order valence-electron chi connectivity index (χ0n) is 37.3. The van der Waals surface area contributed by atoms with E-state index in [2.05, 4.69) is 247 Å². The van der Waals surface area contributed by atoms with Gasteiger partial charge >= 0.3 is 0 Å². The largest absolute Gasteiger partial charge is 0.372 e. The molecule has 0 radical (unpaired) electrons. The monoisotopic (exact) mass is 882 g/mol. The van der Waals surface area contributed by atoms with E-state index in [0.29, 0.717) is 12.0 Å². The summed E-state index contributed by atoms with van der Waals surface area (Å²) in [6.07, 6.45) is 4.75. The Morgan fingerprint density at radius 2 is 0.754 bits per heavy atom. The molecule has 0 bridgehead atoms. The highest BCUT2D eigenvalue weighted by Crippen LogP contribution is 2.41. The Bertz CT molecular complexity index is 2910. The average molecular weight is 883 g/mol. The van der Waals surface area contributed by atoms with Crippen LogP contribution in [0.15, 0.2) is 206 Å². The molecule has 6 heteroatoms. The van der Waals surface area contributed by atoms with Crippen LogP contribution in [0, 0.1) is 13.8 Å². The molecule has 10 rings (SSSR count). The maximum Gasteiger partial charge on any atom is 0.0463 e. The maximum absolute atomic E-state index is 3.66. The van der Waals surface area contributed by atoms with Gasteiger partial charge in [-0.25, -0.2) is 0 Å². The number of anilines is 9. The van der Waals surface area contributed by atoms with Crippen molar-refractivity contribution in [1.82, 2.24) is 0 Å². The lowest BCUT2D eigenvalue weighted by Crippen LogP contribution is -2.34. The van der Waals surface area contributed by atoms with Crippen LogP contribution in [0.5, 0.6) is 0 Å². The van der Waals surface area contributed by atoms with Gasteiger partial charge in [-0.3, -0.25) is 0 Å². The summed E-state index contributed by atoms with van der Waals surface area (Å²) >= 11 is 3.68. The number of hydrogen-bond acceptors (Lipinski definition) is 6. The zero-order valence-corrected chi connectivity index (χ0v) is 38.9. The van der Waals surface area contributed by atoms with E-state index in [1.165, 1.54) is 67.6 Å². The van der Waals surface area contributed by atoms with E-state index < -0.39 is 0 Å². The minimum atomic E-state index is 0.521. The third kappa shape index (κ3) is 9.51. The number of benzene rings is 7. The molecule has 1 aliphatic rings. The first kappa shape index (κ1) is 42.1. The number of nitrogens with one attached hydrogen (secondary N) is 1. The van der Waals surface area contributed by atoms with Gasteiger partial charge in [0.05, 0.1) is 0 Å². The highest BCUT2D eigenvalue weighted by molar-refractivity contribution is 7.15. The lowest BCUT2D eigenvalue weighted by Gasteiger charge is -2.36. The topological polar surface area (TPSA) is 21.8 Å². The molecule has 0 saturated heterocycles. The summed E-state index contributed by atoms with van der Waals surface area (Å²) in [6.45, 7) is 4.33. The number of nitrogens with zero attached hydrogens (tertiary/aromatic N) is 3. The van der Waals surface area contributed by atoms with Crippen molar-refractivity contribution in [2.24, 2.45) is 0 Å². The van der Waals surface area contributed by atoms with Crippen LogP contribution in [0.25, 0.3) is 20.9 Å². The predicted octanol–water partition coefficient (Wildman–Crippen LogP) is 17.6. The summed E-state index contributed by atoms with van der Waals surface area (Å²) in [4.78, 5) is 12.4. The second-order valence-electron chi connectivity index (χ2n) is 17.2. The molecule has 9 aromatic rings. The Labute approximate surface area is 392 Å². The van der Waals surface area contributed by atoms with Crippen LogP contribution in [-0.4, -0.2) is 13.1 Å². The van der Waals surface area contributed by atoms with Gasteiger partial charge in [0.25, 0.3) is 0 Å². The molecule has 0 unspecified atom stereocenters. The summed E-state index contributed by atoms with van der Waals surface area (Å²) in [7, 11) is 2.27. The highest BCUT2D eigenvalue weighted by atomic mass is 32.1. The first-order valence-electron chi connectivity index (χ1n) is 22.8. The quantitative estimate of drug-likeness (QED) is 0.125. The van der Waals surface area contributed by atoms with E-state index in [4.69, 9.17) is 0 Å². The van der Waals surface area contributed by atoms with Gasteiger partial charge < -0.3 is 20.0 Å². The van der Waals surface area contributed by atoms with E-state index in [-0.39, 0.29) is 0 Å². The van der Waals surface area contributed by atoms with Crippen LogP contribution in [0.4, 0.5) is 51.2 Å². The van der Waals surface area contributed by atoms with Crippen LogP contribution in [0.2, 0.25) is 0 Å². The summed E-state index contributed by atoms with van der Waals surface area (Å²) in [5.74, 6) is 0.581. The molecule has 0 atom stereocenters. The summed E-state index contributed by atoms with van der Waals surface area (Å²) < 4.78 is 0. The lowest BCUT2D eigenvalue weighted by molar-refractivity contribution is 0.385. The van der Waals surface area contributed by atoms with E-state index >= 15 is 0 Å². The molecule has 322 valence electrons. The van der Waals surface area contributed by atoms with Crippen molar-refractivity contribution >= 4 is 73.9 Å². The van der Waals surface area contributed by atoms with Crippen LogP contribution in [0.3, 0.4) is 0 Å². The normalized spacial score (nSPS) is 14.8. The number of hydrogen-bond donors (Lipinski definition) is 1. The number of rotatable bonds is 13. The second kappa shape index (κ2) is 19.1. The van der Waals surface area contributed by atoms with E-state index in [9.17, 15) is 0 Å². The average Bonchev–Trinajstić information content (AvgIpc) is 4.01. The smallest absolute Gasteiger partial charge is 0.0463 e. The molecule has 0 spiro atoms. The molecular formula is C59H54N4S2. The molecule has 4 nitrogen and oxygen atoms in total. The first-order valence-corrected chi connectivity index (χ1v) is 24.4. The lowest BCUT2D eigenvalue weighted by atomic mass is 9.81. The standard InChI is InChI=1S/C59H54N4S2/c1-42-14-40-58(64-42)46-20-30-54(31-21-46)62(52-10-6-4-7-11-52)56-34-26-49(27-35-56)60-48-24-16-44(17-25-48)45-18-28-50(29-19-45)61(3)51-36-38-57(39-37-51)63(53-12-8-5-9-13-53)55-32-22-47(23-33-55)59-41-15-43(2)65-59/h4-17,20-27,30-41,45,50,60H,18-19,28-29H2,1-3H3. The number of para-hydroxylation sites is 2. The van der Waals surface area contributed by atoms with Gasteiger partial charge in [-0.1, -0.05) is 72.8 Å². The third-order valence-corrected chi connectivity index (χ3v) is 15.0. The highest BCUT2D eigenvalue weighted by Gasteiger charge is 2.26. The maximum atomic E-state index is 3.66. The molecule has 2 heterocycles. The van der Waals surface area contributed by atoms with Gasteiger partial charge in [-0.05, 0) is 196 Å². The van der Waals surface area contributed by atoms with Crippen molar-refractivity contribution in [1.29, 1.82) is 0 Å². The van der Waals surface area contributed by atoms with Crippen LogP contribution >= 0.6 is 22.7 Å². The molecule has 1 N–H and O–H groups in total. The molecule has 1 saturated carbocycles. The molecule has 0 aliphatic heterocycles. The third-order valence-electron chi connectivity index (χ3n) is 12.9. The van der Waals surface area contributed by atoms with Gasteiger partial charge in [0.15, 0.2) is 0 Å². The fraction of sp³-hybridized carbons (Fsp3) is 0.153. The molecule has 0 amide bonds. The van der Waals surface area contributed by atoms with Crippen molar-refractivity contribution < 1.29 is 0 Å². The summed E-state index contributed by atoms with van der Waals surface area (Å²) in [6, 6.07) is 75.6. The fourth-order valence-corrected chi connectivity index (χ4v) is 11.1. The van der Waals surface area contributed by atoms with Crippen molar-refractivity contribution in [2.75, 3.05) is 27.1 Å². The van der Waals surface area contributed by atoms with E-state index in [1.54, 1.807) is 0 Å². The Morgan fingerprint density at radius 3 is 1.17 bits per heavy atom. The minimum Gasteiger partial charge on any atom is -0.372 e. The summed E-state index contributed by atoms with van der Waals surface area (Å²) in [5.41, 5.74) is 14.2. The van der Waals surface area contributed by atoms with E-state index in [0.717, 1.165) is 45.5 Å². The number of aryl methyl sites for hydroxylation is 2. The molecular weight excluding hydrogens is 829 g/mol. The van der Waals surface area contributed by atoms with Crippen LogP contribution in [-0.2, 0) is 0 Å². The second-order valence-corrected chi connectivity index (χ2v) is 19.8. The summed E-state index contributed by atoms with van der Waals surface area (Å²) in [5, 5.41) is 3.66. The van der Waals surface area contributed by atoms with Gasteiger partial charge in [0.2, 0.25) is 0 Å². The van der Waals surface area contributed by atoms with Gasteiger partial charge in [0, 0.05) is 83.8 Å². The van der Waals surface area contributed by atoms with Crippen molar-refractivity contribution in [2.45, 2.75) is 51.5 Å². The van der Waals surface area contributed by atoms with Crippen molar-refractivity contribution in [3.63, 3.8) is 0 Å². The van der Waals surface area contributed by atoms with Gasteiger partial charge in [0.1, 0.15) is 0 Å². The molecule has 7 aromatic carbocycles. The Morgan fingerprint density at radius 1 is 0.385 bits per heavy atom. The predicted molar refractivity (Wildman–Crippen MR) is 281 cm³/mol. The molecule has 2 aromatic heterocycles. The molecule has 1 fully saturated rings. The Kier molecular flexibility index (Phi) is 12.4.